The van der Waals surface area contributed by atoms with Crippen molar-refractivity contribution in [1.29, 1.82) is 0 Å². The maximum Gasteiger partial charge on any atom is 0.197 e. The van der Waals surface area contributed by atoms with Gasteiger partial charge in [0.05, 0.1) is 10.7 Å². The van der Waals surface area contributed by atoms with Crippen molar-refractivity contribution < 1.29 is 0 Å². The average molecular weight is 378 g/mol. The summed E-state index contributed by atoms with van der Waals surface area (Å²) in [5, 5.41) is 0.855. The van der Waals surface area contributed by atoms with Gasteiger partial charge in [-0.3, -0.25) is 0 Å². The van der Waals surface area contributed by atoms with Crippen LogP contribution in [0.25, 0.3) is 11.6 Å². The molecule has 6 heteroatoms. The van der Waals surface area contributed by atoms with Gasteiger partial charge in [0.25, 0.3) is 0 Å². The van der Waals surface area contributed by atoms with Gasteiger partial charge in [-0.05, 0) is 60.4 Å². The van der Waals surface area contributed by atoms with E-state index in [-0.39, 0.29) is 0 Å². The van der Waals surface area contributed by atoms with Crippen molar-refractivity contribution in [1.82, 2.24) is 19.9 Å². The number of hydrogen-bond acceptors (Lipinski definition) is 5. The number of aromatic nitrogens is 4. The van der Waals surface area contributed by atoms with E-state index in [9.17, 15) is 0 Å². The number of nitrogens with zero attached hydrogens (tertiary/aromatic N) is 5. The molecule has 0 bridgehead atoms. The van der Waals surface area contributed by atoms with Gasteiger partial charge in [0.15, 0.2) is 11.6 Å². The second-order valence-corrected chi connectivity index (χ2v) is 7.67. The second-order valence-electron chi connectivity index (χ2n) is 7.27. The number of halogens is 1. The van der Waals surface area contributed by atoms with E-state index >= 15 is 0 Å². The van der Waals surface area contributed by atoms with Gasteiger partial charge >= 0.3 is 0 Å². The molecule has 1 aliphatic heterocycles. The minimum Gasteiger partial charge on any atom is -0.370 e. The van der Waals surface area contributed by atoms with Crippen LogP contribution in [0.1, 0.15) is 42.2 Å². The molecular formula is C21H20ClN5. The van der Waals surface area contributed by atoms with Gasteiger partial charge < -0.3 is 4.90 Å². The third-order valence-electron chi connectivity index (χ3n) is 5.50. The van der Waals surface area contributed by atoms with Gasteiger partial charge in [0.1, 0.15) is 0 Å². The molecule has 2 aliphatic rings. The Hall–Kier alpha value is -2.53. The summed E-state index contributed by atoms with van der Waals surface area (Å²) in [5.74, 6) is 2.12. The number of anilines is 1. The average Bonchev–Trinajstić information content (AvgIpc) is 3.33. The summed E-state index contributed by atoms with van der Waals surface area (Å²) >= 11 is 6.46. The van der Waals surface area contributed by atoms with E-state index in [4.69, 9.17) is 11.6 Å². The molecule has 136 valence electrons. The van der Waals surface area contributed by atoms with Crippen molar-refractivity contribution in [3.63, 3.8) is 0 Å². The van der Waals surface area contributed by atoms with Gasteiger partial charge in [-0.25, -0.2) is 19.9 Å². The first-order valence-electron chi connectivity index (χ1n) is 9.43. The summed E-state index contributed by atoms with van der Waals surface area (Å²) in [6.07, 6.45) is 10.9. The number of benzene rings is 1. The molecule has 27 heavy (non-hydrogen) atoms. The van der Waals surface area contributed by atoms with Crippen LogP contribution >= 0.6 is 11.6 Å². The Morgan fingerprint density at radius 2 is 1.52 bits per heavy atom. The lowest BCUT2D eigenvalue weighted by Gasteiger charge is -2.20. The van der Waals surface area contributed by atoms with Crippen molar-refractivity contribution in [2.75, 3.05) is 18.0 Å². The molecule has 0 amide bonds. The molecule has 2 atom stereocenters. The van der Waals surface area contributed by atoms with E-state index in [2.05, 4.69) is 37.0 Å². The van der Waals surface area contributed by atoms with Crippen LogP contribution in [-0.2, 0) is 0 Å². The van der Waals surface area contributed by atoms with Crippen LogP contribution < -0.4 is 4.90 Å². The molecule has 0 N–H and O–H groups in total. The molecule has 0 radical (unpaired) electrons. The Balaban J connectivity index is 1.34. The standard InChI is InChI=1S/C21H20ClN5/c22-18-5-4-14(10-19(18)27-8-1-2-9-27)16-11-17(16)15-12-25-21(26-13-15)20-23-6-3-7-24-20/h3-7,10,12-13,16-17H,1-2,8-9,11H2. The van der Waals surface area contributed by atoms with Crippen LogP contribution in [0.4, 0.5) is 5.69 Å². The minimum absolute atomic E-state index is 0.475. The summed E-state index contributed by atoms with van der Waals surface area (Å²) in [6, 6.07) is 8.28. The Bertz CT molecular complexity index is 939. The molecule has 5 nitrogen and oxygen atoms in total. The zero-order valence-electron chi connectivity index (χ0n) is 14.9. The zero-order valence-corrected chi connectivity index (χ0v) is 15.7. The van der Waals surface area contributed by atoms with Gasteiger partial charge in [-0.2, -0.15) is 0 Å². The van der Waals surface area contributed by atoms with Crippen molar-refractivity contribution in [3.05, 3.63) is 65.2 Å². The monoisotopic (exact) mass is 377 g/mol. The molecule has 1 aromatic carbocycles. The van der Waals surface area contributed by atoms with E-state index in [0.29, 0.717) is 23.5 Å². The molecule has 1 saturated carbocycles. The zero-order chi connectivity index (χ0) is 18.2. The minimum atomic E-state index is 0.475. The summed E-state index contributed by atoms with van der Waals surface area (Å²) in [5.41, 5.74) is 3.73. The molecule has 1 aliphatic carbocycles. The lowest BCUT2D eigenvalue weighted by Crippen LogP contribution is -2.18. The maximum absolute atomic E-state index is 6.46. The fourth-order valence-corrected chi connectivity index (χ4v) is 4.19. The van der Waals surface area contributed by atoms with Crippen LogP contribution in [0.5, 0.6) is 0 Å². The summed E-state index contributed by atoms with van der Waals surface area (Å²) in [4.78, 5) is 19.7. The lowest BCUT2D eigenvalue weighted by atomic mass is 10.1. The van der Waals surface area contributed by atoms with E-state index in [1.165, 1.54) is 29.7 Å². The number of hydrogen-bond donors (Lipinski definition) is 0. The lowest BCUT2D eigenvalue weighted by molar-refractivity contribution is 0.949. The first-order valence-corrected chi connectivity index (χ1v) is 9.81. The third kappa shape index (κ3) is 3.28. The predicted octanol–water partition coefficient (Wildman–Crippen LogP) is 4.46. The fourth-order valence-electron chi connectivity index (χ4n) is 3.95. The summed E-state index contributed by atoms with van der Waals surface area (Å²) < 4.78 is 0. The Morgan fingerprint density at radius 3 is 2.26 bits per heavy atom. The van der Waals surface area contributed by atoms with E-state index < -0.39 is 0 Å². The smallest absolute Gasteiger partial charge is 0.197 e. The predicted molar refractivity (Wildman–Crippen MR) is 106 cm³/mol. The Kier molecular flexibility index (Phi) is 4.24. The van der Waals surface area contributed by atoms with Gasteiger partial charge in [0, 0.05) is 37.9 Å². The first-order chi connectivity index (χ1) is 13.3. The highest BCUT2D eigenvalue weighted by Gasteiger charge is 2.40. The van der Waals surface area contributed by atoms with Crippen LogP contribution in [0.2, 0.25) is 5.02 Å². The fraction of sp³-hybridized carbons (Fsp3) is 0.333. The van der Waals surface area contributed by atoms with Crippen LogP contribution in [0.15, 0.2) is 49.1 Å². The highest BCUT2D eigenvalue weighted by atomic mass is 35.5. The molecule has 1 saturated heterocycles. The molecule has 2 fully saturated rings. The SMILES string of the molecule is Clc1ccc(C2CC2c2cnc(-c3ncccn3)nc2)cc1N1CCCC1. The van der Waals surface area contributed by atoms with Gasteiger partial charge in [-0.1, -0.05) is 17.7 Å². The second kappa shape index (κ2) is 6.89. The van der Waals surface area contributed by atoms with Gasteiger partial charge in [0.2, 0.25) is 0 Å². The summed E-state index contributed by atoms with van der Waals surface area (Å²) in [6.45, 7) is 2.21. The first kappa shape index (κ1) is 16.6. The molecular weight excluding hydrogens is 358 g/mol. The van der Waals surface area contributed by atoms with Crippen molar-refractivity contribution in [2.24, 2.45) is 0 Å². The van der Waals surface area contributed by atoms with Crippen molar-refractivity contribution in [3.8, 4) is 11.6 Å². The number of rotatable bonds is 4. The van der Waals surface area contributed by atoms with Crippen molar-refractivity contribution >= 4 is 17.3 Å². The molecule has 0 spiro atoms. The highest BCUT2D eigenvalue weighted by Crippen LogP contribution is 2.55. The van der Waals surface area contributed by atoms with Crippen LogP contribution in [0, 0.1) is 0 Å². The van der Waals surface area contributed by atoms with Crippen LogP contribution in [0.3, 0.4) is 0 Å². The molecule has 2 unspecified atom stereocenters. The van der Waals surface area contributed by atoms with Gasteiger partial charge in [-0.15, -0.1) is 0 Å². The Morgan fingerprint density at radius 1 is 0.852 bits per heavy atom. The normalized spacial score (nSPS) is 21.4. The van der Waals surface area contributed by atoms with E-state index in [1.807, 2.05) is 18.5 Å². The van der Waals surface area contributed by atoms with E-state index in [1.54, 1.807) is 18.5 Å². The highest BCUT2D eigenvalue weighted by molar-refractivity contribution is 6.33. The molecule has 5 rings (SSSR count). The van der Waals surface area contributed by atoms with E-state index in [0.717, 1.165) is 24.5 Å². The molecule has 3 heterocycles. The Labute approximate surface area is 163 Å². The molecule has 3 aromatic rings. The summed E-state index contributed by atoms with van der Waals surface area (Å²) in [7, 11) is 0. The van der Waals surface area contributed by atoms with Crippen LogP contribution in [-0.4, -0.2) is 33.0 Å². The quantitative estimate of drug-likeness (QED) is 0.672. The molecule has 2 aromatic heterocycles. The van der Waals surface area contributed by atoms with Crippen molar-refractivity contribution in [2.45, 2.75) is 31.1 Å². The third-order valence-corrected chi connectivity index (χ3v) is 5.82. The largest absolute Gasteiger partial charge is 0.370 e. The maximum atomic E-state index is 6.46. The topological polar surface area (TPSA) is 54.8 Å².